The Morgan fingerprint density at radius 2 is 1.70 bits per heavy atom. The summed E-state index contributed by atoms with van der Waals surface area (Å²) >= 11 is 15.9. The van der Waals surface area contributed by atoms with E-state index in [1.807, 2.05) is 20.8 Å². The van der Waals surface area contributed by atoms with Gasteiger partial charge in [0.15, 0.2) is 0 Å². The average Bonchev–Trinajstić information content (AvgIpc) is 2.96. The summed E-state index contributed by atoms with van der Waals surface area (Å²) in [5.74, 6) is -0.254. The molecule has 43 heavy (non-hydrogen) atoms. The summed E-state index contributed by atoms with van der Waals surface area (Å²) < 4.78 is 35.0. The molecule has 8 nitrogen and oxygen atoms in total. The number of ether oxygens (including phenoxy) is 1. The molecule has 0 saturated carbocycles. The molecular weight excluding hydrogens is 677 g/mol. The Bertz CT molecular complexity index is 1550. The van der Waals surface area contributed by atoms with E-state index in [0.29, 0.717) is 44.5 Å². The van der Waals surface area contributed by atoms with Gasteiger partial charge in [-0.05, 0) is 83.2 Å². The molecule has 232 valence electrons. The maximum Gasteiger partial charge on any atom is 0.264 e. The molecule has 3 aromatic carbocycles. The molecule has 12 heteroatoms. The predicted octanol–water partition coefficient (Wildman–Crippen LogP) is 6.85. The van der Waals surface area contributed by atoms with Gasteiger partial charge >= 0.3 is 0 Å². The van der Waals surface area contributed by atoms with Crippen molar-refractivity contribution in [3.05, 3.63) is 86.3 Å². The van der Waals surface area contributed by atoms with E-state index in [4.69, 9.17) is 27.9 Å². The Morgan fingerprint density at radius 3 is 2.26 bits per heavy atom. The van der Waals surface area contributed by atoms with Crippen LogP contribution < -0.4 is 14.4 Å². The van der Waals surface area contributed by atoms with Crippen molar-refractivity contribution in [3.8, 4) is 5.75 Å². The maximum absolute atomic E-state index is 14.2. The highest BCUT2D eigenvalue weighted by atomic mass is 79.9. The van der Waals surface area contributed by atoms with E-state index in [1.165, 1.54) is 30.2 Å². The summed E-state index contributed by atoms with van der Waals surface area (Å²) in [6, 6.07) is 15.2. The molecule has 0 unspecified atom stereocenters. The number of anilines is 1. The van der Waals surface area contributed by atoms with Crippen molar-refractivity contribution in [2.75, 3.05) is 24.5 Å². The van der Waals surface area contributed by atoms with Crippen molar-refractivity contribution >= 4 is 66.7 Å². The zero-order valence-corrected chi connectivity index (χ0v) is 28.6. The van der Waals surface area contributed by atoms with Crippen LogP contribution in [0.5, 0.6) is 5.75 Å². The maximum atomic E-state index is 14.2. The number of carbonyl (C=O) groups excluding carboxylic acids is 2. The fraction of sp³-hybridized carbons (Fsp3) is 0.355. The first kappa shape index (κ1) is 34.7. The van der Waals surface area contributed by atoms with Gasteiger partial charge in [0.25, 0.3) is 10.0 Å². The SMILES string of the molecule is CC[C@H](C(=O)NCC(C)C)N(Cc1ccc(Cl)cc1Cl)C(=O)CN(c1ccc(C)cc1)S(=O)(=O)c1ccc(OC)c(Br)c1. The van der Waals surface area contributed by atoms with E-state index in [9.17, 15) is 18.0 Å². The van der Waals surface area contributed by atoms with Crippen LogP contribution in [0.2, 0.25) is 10.0 Å². The van der Waals surface area contributed by atoms with Crippen molar-refractivity contribution in [1.29, 1.82) is 0 Å². The van der Waals surface area contributed by atoms with Gasteiger partial charge in [0, 0.05) is 23.1 Å². The first-order valence-corrected chi connectivity index (χ1v) is 16.7. The second-order valence-electron chi connectivity index (χ2n) is 10.5. The number of hydrogen-bond acceptors (Lipinski definition) is 5. The number of benzene rings is 3. The highest BCUT2D eigenvalue weighted by Gasteiger charge is 2.34. The number of carbonyl (C=O) groups is 2. The van der Waals surface area contributed by atoms with Gasteiger partial charge in [-0.1, -0.05) is 67.7 Å². The molecule has 0 aliphatic carbocycles. The van der Waals surface area contributed by atoms with Crippen molar-refractivity contribution in [1.82, 2.24) is 10.2 Å². The fourth-order valence-electron chi connectivity index (χ4n) is 4.35. The van der Waals surface area contributed by atoms with E-state index in [1.54, 1.807) is 49.4 Å². The number of hydrogen-bond donors (Lipinski definition) is 1. The molecule has 0 saturated heterocycles. The second-order valence-corrected chi connectivity index (χ2v) is 14.0. The summed E-state index contributed by atoms with van der Waals surface area (Å²) in [6.45, 7) is 7.46. The van der Waals surface area contributed by atoms with Gasteiger partial charge < -0.3 is 15.0 Å². The second kappa shape index (κ2) is 15.3. The number of amides is 2. The summed E-state index contributed by atoms with van der Waals surface area (Å²) in [6.07, 6.45) is 0.295. The van der Waals surface area contributed by atoms with Crippen LogP contribution in [-0.2, 0) is 26.2 Å². The quantitative estimate of drug-likeness (QED) is 0.209. The lowest BCUT2D eigenvalue weighted by atomic mass is 10.1. The molecule has 0 heterocycles. The summed E-state index contributed by atoms with van der Waals surface area (Å²) in [5.41, 5.74) is 1.79. The number of nitrogens with one attached hydrogen (secondary N) is 1. The third kappa shape index (κ3) is 8.88. The van der Waals surface area contributed by atoms with Crippen LogP contribution in [0.25, 0.3) is 0 Å². The lowest BCUT2D eigenvalue weighted by molar-refractivity contribution is -0.140. The number of halogens is 3. The van der Waals surface area contributed by atoms with E-state index in [-0.39, 0.29) is 23.3 Å². The van der Waals surface area contributed by atoms with Crippen LogP contribution in [0.4, 0.5) is 5.69 Å². The van der Waals surface area contributed by atoms with Gasteiger partial charge in [0.05, 0.1) is 22.2 Å². The molecule has 0 bridgehead atoms. The Labute approximate surface area is 272 Å². The van der Waals surface area contributed by atoms with Crippen LogP contribution >= 0.6 is 39.1 Å². The first-order chi connectivity index (χ1) is 20.3. The van der Waals surface area contributed by atoms with Gasteiger partial charge in [-0.25, -0.2) is 8.42 Å². The van der Waals surface area contributed by atoms with E-state index >= 15 is 0 Å². The largest absolute Gasteiger partial charge is 0.496 e. The third-order valence-electron chi connectivity index (χ3n) is 6.74. The van der Waals surface area contributed by atoms with Gasteiger partial charge in [-0.15, -0.1) is 0 Å². The molecule has 0 aliphatic heterocycles. The van der Waals surface area contributed by atoms with Crippen molar-refractivity contribution in [2.45, 2.75) is 51.6 Å². The zero-order valence-electron chi connectivity index (χ0n) is 24.7. The molecule has 0 fully saturated rings. The van der Waals surface area contributed by atoms with Gasteiger partial charge in [0.1, 0.15) is 18.3 Å². The fourth-order valence-corrected chi connectivity index (χ4v) is 6.95. The molecule has 0 radical (unpaired) electrons. The Kier molecular flexibility index (Phi) is 12.3. The number of nitrogens with zero attached hydrogens (tertiary/aromatic N) is 2. The number of sulfonamides is 1. The van der Waals surface area contributed by atoms with Crippen LogP contribution in [0, 0.1) is 12.8 Å². The highest BCUT2D eigenvalue weighted by Crippen LogP contribution is 2.31. The number of rotatable bonds is 13. The molecule has 3 rings (SSSR count). The van der Waals surface area contributed by atoms with Crippen LogP contribution in [0.15, 0.2) is 70.0 Å². The van der Waals surface area contributed by atoms with Crippen molar-refractivity contribution in [2.24, 2.45) is 5.92 Å². The predicted molar refractivity (Wildman–Crippen MR) is 175 cm³/mol. The highest BCUT2D eigenvalue weighted by molar-refractivity contribution is 9.10. The molecule has 0 aromatic heterocycles. The average molecular weight is 714 g/mol. The zero-order chi connectivity index (χ0) is 31.9. The molecule has 1 N–H and O–H groups in total. The van der Waals surface area contributed by atoms with Crippen LogP contribution in [0.3, 0.4) is 0 Å². The van der Waals surface area contributed by atoms with Gasteiger partial charge in [0.2, 0.25) is 11.8 Å². The van der Waals surface area contributed by atoms with Crippen LogP contribution in [-0.4, -0.2) is 51.4 Å². The van der Waals surface area contributed by atoms with Crippen LogP contribution in [0.1, 0.15) is 38.3 Å². The van der Waals surface area contributed by atoms with E-state index in [2.05, 4.69) is 21.2 Å². The molecule has 0 spiro atoms. The molecule has 3 aromatic rings. The monoisotopic (exact) mass is 711 g/mol. The molecule has 0 aliphatic rings. The standard InChI is InChI=1S/C31H36BrCl2N3O5S/c1-6-28(31(39)35-17-20(2)3)36(18-22-9-10-23(33)15-27(22)34)30(38)19-37(24-11-7-21(4)8-12-24)43(40,41)25-13-14-29(42-5)26(32)16-25/h7-16,20,28H,6,17-19H2,1-5H3,(H,35,39)/t28-/m1/s1. The Hall–Kier alpha value is -2.79. The number of methoxy groups -OCH3 is 1. The summed E-state index contributed by atoms with van der Waals surface area (Å²) in [4.78, 5) is 28.9. The smallest absolute Gasteiger partial charge is 0.264 e. The molecule has 2 amide bonds. The minimum Gasteiger partial charge on any atom is -0.496 e. The first-order valence-electron chi connectivity index (χ1n) is 13.7. The summed E-state index contributed by atoms with van der Waals surface area (Å²) in [7, 11) is -2.77. The number of aryl methyl sites for hydroxylation is 1. The normalized spacial score (nSPS) is 12.1. The minimum absolute atomic E-state index is 0.0295. The van der Waals surface area contributed by atoms with Crippen molar-refractivity contribution < 1.29 is 22.7 Å². The van der Waals surface area contributed by atoms with E-state index in [0.717, 1.165) is 9.87 Å². The lowest BCUT2D eigenvalue weighted by Gasteiger charge is -2.33. The van der Waals surface area contributed by atoms with Crippen molar-refractivity contribution in [3.63, 3.8) is 0 Å². The summed E-state index contributed by atoms with van der Waals surface area (Å²) in [5, 5.41) is 3.66. The van der Waals surface area contributed by atoms with Gasteiger partial charge in [-0.2, -0.15) is 0 Å². The topological polar surface area (TPSA) is 96.0 Å². The Morgan fingerprint density at radius 1 is 1.02 bits per heavy atom. The van der Waals surface area contributed by atoms with E-state index < -0.39 is 28.5 Å². The minimum atomic E-state index is -4.25. The third-order valence-corrected chi connectivity index (χ3v) is 9.71. The van der Waals surface area contributed by atoms with Gasteiger partial charge in [-0.3, -0.25) is 13.9 Å². The molecular formula is C31H36BrCl2N3O5S. The lowest BCUT2D eigenvalue weighted by Crippen LogP contribution is -2.52. The molecule has 1 atom stereocenters. The Balaban J connectivity index is 2.09.